The van der Waals surface area contributed by atoms with Gasteiger partial charge in [0.25, 0.3) is 0 Å². The van der Waals surface area contributed by atoms with Crippen LogP contribution < -0.4 is 4.90 Å². The molecule has 0 N–H and O–H groups in total. The van der Waals surface area contributed by atoms with Gasteiger partial charge in [0.1, 0.15) is 11.2 Å². The summed E-state index contributed by atoms with van der Waals surface area (Å²) in [5.41, 5.74) is 15.5. The molecule has 0 bridgehead atoms. The first-order valence-corrected chi connectivity index (χ1v) is 19.4. The lowest BCUT2D eigenvalue weighted by Gasteiger charge is -2.26. The molecule has 0 fully saturated rings. The van der Waals surface area contributed by atoms with Crippen molar-refractivity contribution in [2.45, 2.75) is 0 Å². The average Bonchev–Trinajstić information content (AvgIpc) is 3.83. The molecule has 57 heavy (non-hydrogen) atoms. The minimum absolute atomic E-state index is 0.910. The third-order valence-corrected chi connectivity index (χ3v) is 11.2. The van der Waals surface area contributed by atoms with Gasteiger partial charge in [-0.1, -0.05) is 152 Å². The molecule has 0 amide bonds. The van der Waals surface area contributed by atoms with Gasteiger partial charge in [-0.3, -0.25) is 0 Å². The van der Waals surface area contributed by atoms with Gasteiger partial charge in [0.05, 0.1) is 16.7 Å². The fourth-order valence-electron chi connectivity index (χ4n) is 8.58. The molecule has 0 saturated carbocycles. The smallest absolute Gasteiger partial charge is 0.143 e. The summed E-state index contributed by atoms with van der Waals surface area (Å²) in [6.07, 6.45) is 0. The van der Waals surface area contributed by atoms with Gasteiger partial charge in [0, 0.05) is 49.7 Å². The van der Waals surface area contributed by atoms with Gasteiger partial charge < -0.3 is 13.9 Å². The molecule has 2 aromatic heterocycles. The molecule has 0 unspecified atom stereocenters. The van der Waals surface area contributed by atoms with Crippen LogP contribution >= 0.6 is 0 Å². The van der Waals surface area contributed by atoms with Gasteiger partial charge in [0.15, 0.2) is 0 Å². The van der Waals surface area contributed by atoms with E-state index in [1.165, 1.54) is 27.4 Å². The highest BCUT2D eigenvalue weighted by Gasteiger charge is 2.18. The number of furan rings is 1. The first-order valence-electron chi connectivity index (χ1n) is 19.4. The van der Waals surface area contributed by atoms with E-state index < -0.39 is 0 Å². The predicted octanol–water partition coefficient (Wildman–Crippen LogP) is 15.2. The van der Waals surface area contributed by atoms with E-state index in [2.05, 4.69) is 216 Å². The van der Waals surface area contributed by atoms with E-state index in [4.69, 9.17) is 4.42 Å². The lowest BCUT2D eigenvalue weighted by atomic mass is 9.97. The fraction of sp³-hybridized carbons (Fsp3) is 0. The Balaban J connectivity index is 0.981. The van der Waals surface area contributed by atoms with Crippen LogP contribution in [0.15, 0.2) is 223 Å². The van der Waals surface area contributed by atoms with E-state index in [1.807, 2.05) is 12.1 Å². The van der Waals surface area contributed by atoms with Gasteiger partial charge in [-0.15, -0.1) is 0 Å². The summed E-state index contributed by atoms with van der Waals surface area (Å²) >= 11 is 0. The van der Waals surface area contributed by atoms with Gasteiger partial charge in [0.2, 0.25) is 0 Å². The van der Waals surface area contributed by atoms with E-state index in [0.717, 1.165) is 72.5 Å². The number of fused-ring (bicyclic) bond motifs is 6. The van der Waals surface area contributed by atoms with Crippen LogP contribution in [0.3, 0.4) is 0 Å². The maximum atomic E-state index is 6.40. The lowest BCUT2D eigenvalue weighted by Crippen LogP contribution is -2.10. The Hall–Kier alpha value is -7.62. The number of rotatable bonds is 7. The largest absolute Gasteiger partial charge is 0.455 e. The number of hydrogen-bond acceptors (Lipinski definition) is 2. The van der Waals surface area contributed by atoms with Crippen molar-refractivity contribution in [3.63, 3.8) is 0 Å². The number of aromatic nitrogens is 1. The molecule has 9 aromatic carbocycles. The van der Waals surface area contributed by atoms with Crippen molar-refractivity contribution in [2.75, 3.05) is 4.90 Å². The van der Waals surface area contributed by atoms with Crippen molar-refractivity contribution in [3.05, 3.63) is 218 Å². The van der Waals surface area contributed by atoms with Crippen LogP contribution in [0, 0.1) is 0 Å². The number of para-hydroxylation sites is 6. The molecular weight excluding hydrogens is 693 g/mol. The number of anilines is 3. The fourth-order valence-corrected chi connectivity index (χ4v) is 8.58. The summed E-state index contributed by atoms with van der Waals surface area (Å²) in [7, 11) is 0. The highest BCUT2D eigenvalue weighted by Crippen LogP contribution is 2.41. The minimum Gasteiger partial charge on any atom is -0.455 e. The third-order valence-electron chi connectivity index (χ3n) is 11.2. The summed E-state index contributed by atoms with van der Waals surface area (Å²) < 4.78 is 8.81. The van der Waals surface area contributed by atoms with E-state index >= 15 is 0 Å². The van der Waals surface area contributed by atoms with Crippen LogP contribution in [0.4, 0.5) is 17.1 Å². The topological polar surface area (TPSA) is 21.3 Å². The summed E-state index contributed by atoms with van der Waals surface area (Å²) in [5.74, 6) is 0. The monoisotopic (exact) mass is 728 g/mol. The summed E-state index contributed by atoms with van der Waals surface area (Å²) in [5, 5.41) is 4.79. The highest BCUT2D eigenvalue weighted by atomic mass is 16.3. The van der Waals surface area contributed by atoms with Crippen LogP contribution in [-0.4, -0.2) is 4.57 Å². The van der Waals surface area contributed by atoms with Crippen molar-refractivity contribution in [3.8, 4) is 39.1 Å². The van der Waals surface area contributed by atoms with E-state index in [-0.39, 0.29) is 0 Å². The quantitative estimate of drug-likeness (QED) is 0.163. The average molecular weight is 729 g/mol. The molecule has 268 valence electrons. The van der Waals surface area contributed by atoms with Gasteiger partial charge >= 0.3 is 0 Å². The molecule has 2 heterocycles. The van der Waals surface area contributed by atoms with Gasteiger partial charge in [-0.05, 0) is 89.0 Å². The first-order chi connectivity index (χ1) is 28.3. The zero-order valence-electron chi connectivity index (χ0n) is 31.1. The van der Waals surface area contributed by atoms with E-state index in [0.29, 0.717) is 0 Å². The van der Waals surface area contributed by atoms with E-state index in [9.17, 15) is 0 Å². The first kappa shape index (κ1) is 32.8. The van der Waals surface area contributed by atoms with Crippen molar-refractivity contribution in [1.29, 1.82) is 0 Å². The van der Waals surface area contributed by atoms with Crippen LogP contribution in [0.5, 0.6) is 0 Å². The predicted molar refractivity (Wildman–Crippen MR) is 239 cm³/mol. The molecule has 11 rings (SSSR count). The molecule has 0 saturated heterocycles. The molecule has 0 atom stereocenters. The molecule has 0 radical (unpaired) electrons. The number of nitrogens with zero attached hydrogens (tertiary/aromatic N) is 2. The molecule has 3 nitrogen and oxygen atoms in total. The van der Waals surface area contributed by atoms with Crippen molar-refractivity contribution in [2.24, 2.45) is 0 Å². The minimum atomic E-state index is 0.910. The van der Waals surface area contributed by atoms with Crippen molar-refractivity contribution in [1.82, 2.24) is 4.57 Å². The maximum absolute atomic E-state index is 6.40. The van der Waals surface area contributed by atoms with Gasteiger partial charge in [-0.2, -0.15) is 0 Å². The van der Waals surface area contributed by atoms with Crippen LogP contribution in [0.2, 0.25) is 0 Å². The summed E-state index contributed by atoms with van der Waals surface area (Å²) in [6.45, 7) is 0. The Morgan fingerprint density at radius 3 is 1.67 bits per heavy atom. The zero-order chi connectivity index (χ0) is 37.7. The Morgan fingerprint density at radius 2 is 0.877 bits per heavy atom. The Bertz CT molecular complexity index is 3190. The highest BCUT2D eigenvalue weighted by molar-refractivity contribution is 6.10. The van der Waals surface area contributed by atoms with Crippen LogP contribution in [0.25, 0.3) is 82.8 Å². The van der Waals surface area contributed by atoms with Crippen LogP contribution in [-0.2, 0) is 0 Å². The molecular formula is C54H36N2O. The SMILES string of the molecule is c1ccc(N(c2ccc(-c3cccc(-c4cccc5c4oc4ccccc45)c3)cc2)c2cccc(-c3ccccc3-n3c4ccccc4c4ccccc43)c2)cc1. The molecule has 0 spiro atoms. The van der Waals surface area contributed by atoms with Crippen molar-refractivity contribution >= 4 is 60.8 Å². The maximum Gasteiger partial charge on any atom is 0.143 e. The Labute approximate surface area is 330 Å². The van der Waals surface area contributed by atoms with Gasteiger partial charge in [-0.25, -0.2) is 0 Å². The number of benzene rings is 9. The summed E-state index contributed by atoms with van der Waals surface area (Å²) in [6, 6.07) is 78.1. The second-order valence-electron chi connectivity index (χ2n) is 14.5. The molecule has 0 aliphatic rings. The summed E-state index contributed by atoms with van der Waals surface area (Å²) in [4.78, 5) is 2.34. The standard InChI is InChI=1S/C54H36N2O/c1-2-18-41(19-3-1)55(42-33-31-37(32-34-42)38-15-12-16-39(35-38)45-25-14-26-49-48-24-7-11-30-53(48)57-54(45)49)43-20-13-17-40(36-43)44-21-4-8-27-50(44)56-51-28-9-5-22-46(51)47-23-6-10-29-52(47)56/h1-36H. The Kier molecular flexibility index (Phi) is 7.82. The number of hydrogen-bond donors (Lipinski definition) is 0. The Morgan fingerprint density at radius 1 is 0.333 bits per heavy atom. The van der Waals surface area contributed by atoms with E-state index in [1.54, 1.807) is 0 Å². The molecule has 11 aromatic rings. The molecule has 0 aliphatic heterocycles. The van der Waals surface area contributed by atoms with Crippen LogP contribution in [0.1, 0.15) is 0 Å². The molecule has 3 heteroatoms. The van der Waals surface area contributed by atoms with Crippen molar-refractivity contribution < 1.29 is 4.42 Å². The second-order valence-corrected chi connectivity index (χ2v) is 14.5. The third kappa shape index (κ3) is 5.60. The normalized spacial score (nSPS) is 11.5. The molecule has 0 aliphatic carbocycles. The zero-order valence-corrected chi connectivity index (χ0v) is 31.1. The second kappa shape index (κ2) is 13.6. The lowest BCUT2D eigenvalue weighted by molar-refractivity contribution is 0.670.